The predicted molar refractivity (Wildman–Crippen MR) is 105 cm³/mol. The molecule has 28 heavy (non-hydrogen) atoms. The summed E-state index contributed by atoms with van der Waals surface area (Å²) in [5, 5.41) is 6.07. The quantitative estimate of drug-likeness (QED) is 0.690. The molecule has 1 aliphatic rings. The summed E-state index contributed by atoms with van der Waals surface area (Å²) in [6.45, 7) is 3.56. The van der Waals surface area contributed by atoms with E-state index in [1.165, 1.54) is 6.20 Å². The van der Waals surface area contributed by atoms with Crippen molar-refractivity contribution in [1.82, 2.24) is 20.3 Å². The molecule has 0 spiro atoms. The lowest BCUT2D eigenvalue weighted by Crippen LogP contribution is -2.30. The molecule has 3 aromatic rings. The van der Waals surface area contributed by atoms with Gasteiger partial charge in [0.25, 0.3) is 5.91 Å². The normalized spacial score (nSPS) is 16.5. The van der Waals surface area contributed by atoms with Gasteiger partial charge in [0.15, 0.2) is 22.7 Å². The minimum Gasteiger partial charge on any atom is -0.494 e. The fourth-order valence-corrected chi connectivity index (χ4v) is 3.34. The second-order valence-corrected chi connectivity index (χ2v) is 6.69. The van der Waals surface area contributed by atoms with Crippen molar-refractivity contribution in [1.29, 1.82) is 0 Å². The van der Waals surface area contributed by atoms with Gasteiger partial charge in [-0.3, -0.25) is 4.79 Å². The predicted octanol–water partition coefficient (Wildman–Crippen LogP) is 1.99. The highest BCUT2D eigenvalue weighted by molar-refractivity contribution is 6.03. The third-order valence-electron chi connectivity index (χ3n) is 4.84. The first-order chi connectivity index (χ1) is 13.6. The van der Waals surface area contributed by atoms with Crippen LogP contribution in [0.15, 0.2) is 28.9 Å². The van der Waals surface area contributed by atoms with Crippen LogP contribution in [0.25, 0.3) is 11.1 Å². The van der Waals surface area contributed by atoms with E-state index in [1.807, 2.05) is 7.05 Å². The van der Waals surface area contributed by atoms with Crippen molar-refractivity contribution in [3.63, 3.8) is 0 Å². The van der Waals surface area contributed by atoms with Gasteiger partial charge in [0, 0.05) is 43.9 Å². The van der Waals surface area contributed by atoms with Crippen LogP contribution in [0.2, 0.25) is 0 Å². The molecule has 1 aromatic carbocycles. The van der Waals surface area contributed by atoms with Crippen molar-refractivity contribution in [2.45, 2.75) is 19.4 Å². The summed E-state index contributed by atoms with van der Waals surface area (Å²) in [6, 6.07) is 3.86. The fourth-order valence-electron chi connectivity index (χ4n) is 3.34. The smallest absolute Gasteiger partial charge is 0.275 e. The van der Waals surface area contributed by atoms with E-state index in [9.17, 15) is 4.79 Å². The maximum atomic E-state index is 12.6. The number of benzene rings is 1. The van der Waals surface area contributed by atoms with Crippen LogP contribution in [0, 0.1) is 6.92 Å². The Balaban J connectivity index is 1.50. The second kappa shape index (κ2) is 7.43. The maximum absolute atomic E-state index is 12.6. The zero-order chi connectivity index (χ0) is 19.7. The molecule has 2 aromatic heterocycles. The van der Waals surface area contributed by atoms with Gasteiger partial charge in [0.2, 0.25) is 0 Å². The van der Waals surface area contributed by atoms with E-state index >= 15 is 0 Å². The van der Waals surface area contributed by atoms with Crippen LogP contribution in [-0.2, 0) is 0 Å². The Morgan fingerprint density at radius 2 is 2.18 bits per heavy atom. The number of nitrogens with one attached hydrogen (secondary N) is 2. The van der Waals surface area contributed by atoms with Crippen LogP contribution in [-0.4, -0.2) is 54.1 Å². The van der Waals surface area contributed by atoms with Gasteiger partial charge in [-0.05, 0) is 13.5 Å². The summed E-state index contributed by atoms with van der Waals surface area (Å²) in [5.74, 6) is 1.47. The topological polar surface area (TPSA) is 105 Å². The zero-order valence-electron chi connectivity index (χ0n) is 16.0. The van der Waals surface area contributed by atoms with Gasteiger partial charge in [0.05, 0.1) is 19.5 Å². The summed E-state index contributed by atoms with van der Waals surface area (Å²) < 4.78 is 10.9. The molecule has 0 bridgehead atoms. The van der Waals surface area contributed by atoms with E-state index in [4.69, 9.17) is 9.15 Å². The van der Waals surface area contributed by atoms with Gasteiger partial charge < -0.3 is 24.7 Å². The molecule has 4 rings (SSSR count). The summed E-state index contributed by atoms with van der Waals surface area (Å²) in [7, 11) is 3.51. The lowest BCUT2D eigenvalue weighted by molar-refractivity contribution is 0.102. The highest BCUT2D eigenvalue weighted by Crippen LogP contribution is 2.30. The van der Waals surface area contributed by atoms with Gasteiger partial charge in [-0.1, -0.05) is 0 Å². The zero-order valence-corrected chi connectivity index (χ0v) is 16.0. The van der Waals surface area contributed by atoms with E-state index in [2.05, 4.69) is 30.5 Å². The van der Waals surface area contributed by atoms with E-state index in [0.29, 0.717) is 34.5 Å². The molecule has 1 saturated heterocycles. The standard InChI is InChI=1S/C19H22N6O3/c1-11-23-18-15(27-3)6-13(7-16(18)28-11)24-19(26)14-8-22-17(9-21-14)25-5-4-12(10-25)20-2/h6-9,12,20H,4-5,10H2,1-3H3,(H,24,26). The first-order valence-corrected chi connectivity index (χ1v) is 9.08. The third-order valence-corrected chi connectivity index (χ3v) is 4.84. The van der Waals surface area contributed by atoms with Crippen molar-refractivity contribution >= 4 is 28.5 Å². The molecule has 9 heteroatoms. The summed E-state index contributed by atoms with van der Waals surface area (Å²) in [6.07, 6.45) is 4.19. The number of anilines is 2. The van der Waals surface area contributed by atoms with Crippen molar-refractivity contribution < 1.29 is 13.9 Å². The molecule has 9 nitrogen and oxygen atoms in total. The number of fused-ring (bicyclic) bond motifs is 1. The summed E-state index contributed by atoms with van der Waals surface area (Å²) >= 11 is 0. The number of carbonyl (C=O) groups excluding carboxylic acids is 1. The third kappa shape index (κ3) is 3.48. The fraction of sp³-hybridized carbons (Fsp3) is 0.368. The van der Waals surface area contributed by atoms with Crippen LogP contribution >= 0.6 is 0 Å². The minimum atomic E-state index is -0.355. The number of hydrogen-bond acceptors (Lipinski definition) is 8. The second-order valence-electron chi connectivity index (χ2n) is 6.69. The number of likely N-dealkylation sites (N-methyl/N-ethyl adjacent to an activating group) is 1. The van der Waals surface area contributed by atoms with Crippen LogP contribution in [0.4, 0.5) is 11.5 Å². The molecule has 0 radical (unpaired) electrons. The molecule has 2 N–H and O–H groups in total. The summed E-state index contributed by atoms with van der Waals surface area (Å²) in [5.41, 5.74) is 1.93. The molecular formula is C19H22N6O3. The lowest BCUT2D eigenvalue weighted by Gasteiger charge is -2.17. The molecule has 146 valence electrons. The SMILES string of the molecule is CNC1CCN(c2cnc(C(=O)Nc3cc(OC)c4nc(C)oc4c3)cn2)C1. The molecule has 0 aliphatic carbocycles. The van der Waals surface area contributed by atoms with E-state index in [-0.39, 0.29) is 11.6 Å². The number of aryl methyl sites for hydroxylation is 1. The number of ether oxygens (including phenoxy) is 1. The molecule has 1 atom stereocenters. The number of rotatable bonds is 5. The molecule has 1 aliphatic heterocycles. The van der Waals surface area contributed by atoms with Crippen LogP contribution in [0.1, 0.15) is 22.8 Å². The van der Waals surface area contributed by atoms with E-state index in [1.54, 1.807) is 32.4 Å². The van der Waals surface area contributed by atoms with E-state index < -0.39 is 0 Å². The largest absolute Gasteiger partial charge is 0.494 e. The number of oxazole rings is 1. The first kappa shape index (κ1) is 18.2. The van der Waals surface area contributed by atoms with Crippen molar-refractivity contribution in [2.24, 2.45) is 0 Å². The maximum Gasteiger partial charge on any atom is 0.275 e. The molecule has 1 amide bonds. The Kier molecular flexibility index (Phi) is 4.82. The summed E-state index contributed by atoms with van der Waals surface area (Å²) in [4.78, 5) is 27.7. The molecule has 1 unspecified atom stereocenters. The van der Waals surface area contributed by atoms with Gasteiger partial charge >= 0.3 is 0 Å². The highest BCUT2D eigenvalue weighted by atomic mass is 16.5. The number of carbonyl (C=O) groups is 1. The lowest BCUT2D eigenvalue weighted by atomic mass is 10.2. The first-order valence-electron chi connectivity index (χ1n) is 9.08. The molecule has 3 heterocycles. The van der Waals surface area contributed by atoms with Crippen LogP contribution < -0.4 is 20.3 Å². The van der Waals surface area contributed by atoms with Crippen LogP contribution in [0.3, 0.4) is 0 Å². The van der Waals surface area contributed by atoms with E-state index in [0.717, 1.165) is 25.3 Å². The number of amides is 1. The van der Waals surface area contributed by atoms with Crippen molar-refractivity contribution in [3.05, 3.63) is 36.1 Å². The molecular weight excluding hydrogens is 360 g/mol. The number of methoxy groups -OCH3 is 1. The number of aromatic nitrogens is 3. The Hall–Kier alpha value is -3.20. The minimum absolute atomic E-state index is 0.237. The average Bonchev–Trinajstić information content (AvgIpc) is 3.33. The number of nitrogens with zero attached hydrogens (tertiary/aromatic N) is 4. The van der Waals surface area contributed by atoms with Gasteiger partial charge in [-0.2, -0.15) is 0 Å². The van der Waals surface area contributed by atoms with Crippen molar-refractivity contribution in [3.8, 4) is 5.75 Å². The Labute approximate surface area is 162 Å². The van der Waals surface area contributed by atoms with Gasteiger partial charge in [-0.15, -0.1) is 0 Å². The Bertz CT molecular complexity index is 1000. The molecule has 1 fully saturated rings. The van der Waals surface area contributed by atoms with Gasteiger partial charge in [0.1, 0.15) is 11.5 Å². The average molecular weight is 382 g/mol. The number of hydrogen-bond donors (Lipinski definition) is 2. The highest BCUT2D eigenvalue weighted by Gasteiger charge is 2.22. The Morgan fingerprint density at radius 1 is 1.32 bits per heavy atom. The van der Waals surface area contributed by atoms with Gasteiger partial charge in [-0.25, -0.2) is 15.0 Å². The van der Waals surface area contributed by atoms with Crippen LogP contribution in [0.5, 0.6) is 5.75 Å². The van der Waals surface area contributed by atoms with Crippen molar-refractivity contribution in [2.75, 3.05) is 37.5 Å². The Morgan fingerprint density at radius 3 is 2.86 bits per heavy atom. The molecule has 0 saturated carbocycles. The monoisotopic (exact) mass is 382 g/mol.